The van der Waals surface area contributed by atoms with Gasteiger partial charge in [0, 0.05) is 17.3 Å². The van der Waals surface area contributed by atoms with E-state index in [0.717, 1.165) is 5.56 Å². The average molecular weight is 179 g/mol. The first-order chi connectivity index (χ1) is 6.18. The smallest absolute Gasteiger partial charge is 0.242 e. The van der Waals surface area contributed by atoms with E-state index in [1.54, 1.807) is 24.5 Å². The molecule has 1 aromatic heterocycles. The minimum absolute atomic E-state index is 0.220. The number of nitrogens with zero attached hydrogens (tertiary/aromatic N) is 2. The van der Waals surface area contributed by atoms with E-state index in [9.17, 15) is 10.1 Å². The lowest BCUT2D eigenvalue weighted by molar-refractivity contribution is -0.470. The van der Waals surface area contributed by atoms with Gasteiger partial charge in [0.2, 0.25) is 6.54 Å². The number of hydrogen-bond acceptors (Lipinski definition) is 4. The van der Waals surface area contributed by atoms with Crippen molar-refractivity contribution < 1.29 is 4.92 Å². The second kappa shape index (κ2) is 4.20. The molecule has 1 heterocycles. The predicted octanol–water partition coefficient (Wildman–Crippen LogP) is 0.658. The number of hydrogen-bond donors (Lipinski definition) is 1. The molecular formula is C8H9N3O2. The summed E-state index contributed by atoms with van der Waals surface area (Å²) in [5.41, 5.74) is 6.38. The number of pyridine rings is 1. The van der Waals surface area contributed by atoms with Gasteiger partial charge in [-0.2, -0.15) is 0 Å². The van der Waals surface area contributed by atoms with Gasteiger partial charge in [-0.25, -0.2) is 0 Å². The molecule has 0 bridgehead atoms. The van der Waals surface area contributed by atoms with Crippen LogP contribution in [0.2, 0.25) is 0 Å². The highest BCUT2D eigenvalue weighted by Gasteiger charge is 1.99. The van der Waals surface area contributed by atoms with Crippen molar-refractivity contribution >= 4 is 6.08 Å². The normalized spacial score (nSPS) is 11.2. The van der Waals surface area contributed by atoms with Crippen molar-refractivity contribution in [1.29, 1.82) is 0 Å². The summed E-state index contributed by atoms with van der Waals surface area (Å²) in [7, 11) is 0. The lowest BCUT2D eigenvalue weighted by Crippen LogP contribution is -2.10. The molecule has 0 aliphatic carbocycles. The van der Waals surface area contributed by atoms with Gasteiger partial charge in [0.15, 0.2) is 0 Å². The van der Waals surface area contributed by atoms with Crippen LogP contribution in [0.3, 0.4) is 0 Å². The minimum Gasteiger partial charge on any atom is -0.397 e. The summed E-state index contributed by atoms with van der Waals surface area (Å²) < 4.78 is 0. The second-order valence-electron chi connectivity index (χ2n) is 2.50. The maximum atomic E-state index is 10.1. The van der Waals surface area contributed by atoms with Crippen molar-refractivity contribution in [1.82, 2.24) is 4.98 Å². The Labute approximate surface area is 75.0 Å². The molecule has 1 rings (SSSR count). The average Bonchev–Trinajstić information content (AvgIpc) is 2.04. The lowest BCUT2D eigenvalue weighted by Gasteiger charge is -1.94. The monoisotopic (exact) mass is 179 g/mol. The molecule has 0 amide bonds. The van der Waals surface area contributed by atoms with E-state index in [1.807, 2.05) is 0 Å². The van der Waals surface area contributed by atoms with E-state index in [-0.39, 0.29) is 12.2 Å². The molecule has 0 atom stereocenters. The highest BCUT2D eigenvalue weighted by molar-refractivity contribution is 5.50. The summed E-state index contributed by atoms with van der Waals surface area (Å²) in [6, 6.07) is 3.52. The van der Waals surface area contributed by atoms with Gasteiger partial charge in [-0.15, -0.1) is 0 Å². The van der Waals surface area contributed by atoms with E-state index >= 15 is 0 Å². The first-order valence-electron chi connectivity index (χ1n) is 3.66. The quantitative estimate of drug-likeness (QED) is 0.545. The van der Waals surface area contributed by atoms with Crippen LogP contribution < -0.4 is 5.73 Å². The van der Waals surface area contributed by atoms with Crippen LogP contribution in [-0.2, 0) is 0 Å². The van der Waals surface area contributed by atoms with Crippen LogP contribution in [0.5, 0.6) is 0 Å². The standard InChI is InChI=1S/C8H9N3O2/c9-8(6-11(12)13)4-7-2-1-3-10-5-7/h1-5H,6,9H2/b8-4-. The molecule has 0 aromatic carbocycles. The van der Waals surface area contributed by atoms with Gasteiger partial charge >= 0.3 is 0 Å². The molecule has 5 heteroatoms. The molecular weight excluding hydrogens is 170 g/mol. The number of rotatable bonds is 3. The summed E-state index contributed by atoms with van der Waals surface area (Å²) >= 11 is 0. The van der Waals surface area contributed by atoms with Crippen molar-refractivity contribution in [3.8, 4) is 0 Å². The predicted molar refractivity (Wildman–Crippen MR) is 48.3 cm³/mol. The van der Waals surface area contributed by atoms with Gasteiger partial charge in [-0.1, -0.05) is 6.07 Å². The zero-order valence-electron chi connectivity index (χ0n) is 6.88. The van der Waals surface area contributed by atoms with Crippen LogP contribution >= 0.6 is 0 Å². The van der Waals surface area contributed by atoms with E-state index in [4.69, 9.17) is 5.73 Å². The van der Waals surface area contributed by atoms with Gasteiger partial charge in [-0.05, 0) is 17.7 Å². The zero-order chi connectivity index (χ0) is 9.68. The molecule has 0 spiro atoms. The number of nitro groups is 1. The summed E-state index contributed by atoms with van der Waals surface area (Å²) in [6.07, 6.45) is 4.75. The molecule has 1 aromatic rings. The van der Waals surface area contributed by atoms with Crippen molar-refractivity contribution in [2.24, 2.45) is 5.73 Å². The van der Waals surface area contributed by atoms with E-state index in [0.29, 0.717) is 0 Å². The molecule has 0 fully saturated rings. The van der Waals surface area contributed by atoms with Crippen molar-refractivity contribution in [3.05, 3.63) is 45.9 Å². The molecule has 0 saturated carbocycles. The van der Waals surface area contributed by atoms with Gasteiger partial charge in [0.05, 0.1) is 5.70 Å². The Morgan fingerprint density at radius 1 is 1.77 bits per heavy atom. The van der Waals surface area contributed by atoms with E-state index < -0.39 is 4.92 Å². The Morgan fingerprint density at radius 2 is 2.54 bits per heavy atom. The van der Waals surface area contributed by atoms with Crippen molar-refractivity contribution in [2.75, 3.05) is 6.54 Å². The Kier molecular flexibility index (Phi) is 2.97. The largest absolute Gasteiger partial charge is 0.397 e. The summed E-state index contributed by atoms with van der Waals surface area (Å²) in [5.74, 6) is 0. The lowest BCUT2D eigenvalue weighted by atomic mass is 10.2. The first-order valence-corrected chi connectivity index (χ1v) is 3.66. The molecule has 13 heavy (non-hydrogen) atoms. The summed E-state index contributed by atoms with van der Waals surface area (Å²) in [6.45, 7) is -0.338. The van der Waals surface area contributed by atoms with Crippen molar-refractivity contribution in [2.45, 2.75) is 0 Å². The van der Waals surface area contributed by atoms with Gasteiger partial charge in [0.25, 0.3) is 0 Å². The number of nitrogens with two attached hydrogens (primary N) is 1. The number of aromatic nitrogens is 1. The third-order valence-electron chi connectivity index (χ3n) is 1.35. The maximum Gasteiger partial charge on any atom is 0.242 e. The topological polar surface area (TPSA) is 82.0 Å². The first kappa shape index (κ1) is 9.18. The van der Waals surface area contributed by atoms with Gasteiger partial charge < -0.3 is 5.73 Å². The fraction of sp³-hybridized carbons (Fsp3) is 0.125. The Bertz CT molecular complexity index is 321. The van der Waals surface area contributed by atoms with Gasteiger partial charge in [0.1, 0.15) is 0 Å². The van der Waals surface area contributed by atoms with Crippen LogP contribution in [0.15, 0.2) is 30.2 Å². The third-order valence-corrected chi connectivity index (χ3v) is 1.35. The third kappa shape index (κ3) is 3.33. The Balaban J connectivity index is 2.71. The molecule has 0 radical (unpaired) electrons. The SMILES string of the molecule is N/C(=C\c1cccnc1)C[N+](=O)[O-]. The maximum absolute atomic E-state index is 10.1. The van der Waals surface area contributed by atoms with Crippen LogP contribution in [0.4, 0.5) is 0 Å². The molecule has 0 aliphatic heterocycles. The highest BCUT2D eigenvalue weighted by Crippen LogP contribution is 2.00. The zero-order valence-corrected chi connectivity index (χ0v) is 6.88. The van der Waals surface area contributed by atoms with Gasteiger partial charge in [-0.3, -0.25) is 15.1 Å². The molecule has 0 unspecified atom stereocenters. The minimum atomic E-state index is -0.470. The molecule has 68 valence electrons. The van der Waals surface area contributed by atoms with Crippen LogP contribution in [0.25, 0.3) is 6.08 Å². The summed E-state index contributed by atoms with van der Waals surface area (Å²) in [4.78, 5) is 13.4. The second-order valence-corrected chi connectivity index (χ2v) is 2.50. The Hall–Kier alpha value is -1.91. The Morgan fingerprint density at radius 3 is 3.08 bits per heavy atom. The molecule has 0 saturated heterocycles. The molecule has 2 N–H and O–H groups in total. The van der Waals surface area contributed by atoms with E-state index in [1.165, 1.54) is 6.08 Å². The van der Waals surface area contributed by atoms with Crippen molar-refractivity contribution in [3.63, 3.8) is 0 Å². The molecule has 0 aliphatic rings. The van der Waals surface area contributed by atoms with Crippen LogP contribution in [0, 0.1) is 10.1 Å². The van der Waals surface area contributed by atoms with Crippen LogP contribution in [-0.4, -0.2) is 16.5 Å². The van der Waals surface area contributed by atoms with Crippen LogP contribution in [0.1, 0.15) is 5.56 Å². The highest BCUT2D eigenvalue weighted by atomic mass is 16.6. The molecule has 5 nitrogen and oxygen atoms in total. The fourth-order valence-corrected chi connectivity index (χ4v) is 0.870. The fourth-order valence-electron chi connectivity index (χ4n) is 0.870. The van der Waals surface area contributed by atoms with E-state index in [2.05, 4.69) is 4.98 Å². The summed E-state index contributed by atoms with van der Waals surface area (Å²) in [5, 5.41) is 10.1.